The number of anilines is 4. The molecule has 10 nitrogen and oxygen atoms in total. The molecule has 4 aromatic carbocycles. The van der Waals surface area contributed by atoms with Crippen molar-refractivity contribution in [3.8, 4) is 34.1 Å². The zero-order chi connectivity index (χ0) is 29.9. The molecule has 1 amide bonds. The standard InChI is InChI=1S/C34H31N5O5/c1-41-32-20-24(4-10-28(32)34-38-35-21-44-34)23-3-9-27-30(19-23)36-29-11-2-22(18-31(29)37-33(27)40)12-15-43-26-7-5-25(6-8-26)39-13-16-42-17-14-39/h2-11,18-21,36H,12-17H2,1H3,(H,37,40). The number of carbonyl (C=O) groups excluding carboxylic acids is 1. The fourth-order valence-electron chi connectivity index (χ4n) is 5.52. The number of carbonyl (C=O) groups is 1. The predicted octanol–water partition coefficient (Wildman–Crippen LogP) is 6.18. The van der Waals surface area contributed by atoms with Gasteiger partial charge in [-0.05, 0) is 77.4 Å². The van der Waals surface area contributed by atoms with Crippen LogP contribution in [0.5, 0.6) is 11.5 Å². The molecule has 222 valence electrons. The number of morpholine rings is 1. The average Bonchev–Trinajstić information content (AvgIpc) is 3.57. The molecule has 5 aromatic rings. The molecule has 0 spiro atoms. The summed E-state index contributed by atoms with van der Waals surface area (Å²) < 4.78 is 22.4. The fourth-order valence-corrected chi connectivity index (χ4v) is 5.52. The number of nitrogens with one attached hydrogen (secondary N) is 2. The predicted molar refractivity (Wildman–Crippen MR) is 168 cm³/mol. The zero-order valence-electron chi connectivity index (χ0n) is 24.2. The number of fused-ring (bicyclic) bond motifs is 2. The molecule has 0 aliphatic carbocycles. The van der Waals surface area contributed by atoms with Gasteiger partial charge in [-0.1, -0.05) is 18.2 Å². The Bertz CT molecular complexity index is 1780. The summed E-state index contributed by atoms with van der Waals surface area (Å²) >= 11 is 0. The minimum Gasteiger partial charge on any atom is -0.496 e. The van der Waals surface area contributed by atoms with Crippen LogP contribution in [0.4, 0.5) is 22.7 Å². The lowest BCUT2D eigenvalue weighted by Gasteiger charge is -2.28. The first kappa shape index (κ1) is 27.5. The summed E-state index contributed by atoms with van der Waals surface area (Å²) in [6.07, 6.45) is 1.99. The van der Waals surface area contributed by atoms with Gasteiger partial charge in [-0.15, -0.1) is 10.2 Å². The van der Waals surface area contributed by atoms with E-state index in [9.17, 15) is 4.79 Å². The highest BCUT2D eigenvalue weighted by Crippen LogP contribution is 2.37. The monoisotopic (exact) mass is 589 g/mol. The number of aromatic nitrogens is 2. The molecular weight excluding hydrogens is 558 g/mol. The molecule has 10 heteroatoms. The van der Waals surface area contributed by atoms with Crippen LogP contribution in [0.3, 0.4) is 0 Å². The second kappa shape index (κ2) is 12.1. The van der Waals surface area contributed by atoms with Crippen LogP contribution in [0.2, 0.25) is 0 Å². The van der Waals surface area contributed by atoms with Crippen LogP contribution in [0.15, 0.2) is 89.7 Å². The highest BCUT2D eigenvalue weighted by molar-refractivity contribution is 6.12. The molecule has 0 radical (unpaired) electrons. The zero-order valence-corrected chi connectivity index (χ0v) is 24.2. The van der Waals surface area contributed by atoms with Crippen LogP contribution in [0.25, 0.3) is 22.6 Å². The number of amides is 1. The van der Waals surface area contributed by atoms with Gasteiger partial charge < -0.3 is 34.2 Å². The van der Waals surface area contributed by atoms with Gasteiger partial charge >= 0.3 is 0 Å². The molecular formula is C34H31N5O5. The van der Waals surface area contributed by atoms with Gasteiger partial charge in [0.15, 0.2) is 0 Å². The fraction of sp³-hybridized carbons (Fsp3) is 0.206. The molecule has 0 saturated carbocycles. The molecule has 2 N–H and O–H groups in total. The van der Waals surface area contributed by atoms with E-state index in [0.29, 0.717) is 35.8 Å². The van der Waals surface area contributed by atoms with E-state index in [0.717, 1.165) is 65.8 Å². The van der Waals surface area contributed by atoms with Crippen molar-refractivity contribution in [1.29, 1.82) is 0 Å². The Hall–Kier alpha value is -5.35. The number of benzene rings is 4. The Balaban J connectivity index is 1.04. The molecule has 7 rings (SSSR count). The van der Waals surface area contributed by atoms with Gasteiger partial charge in [-0.3, -0.25) is 4.79 Å². The average molecular weight is 590 g/mol. The van der Waals surface area contributed by atoms with Gasteiger partial charge in [0.1, 0.15) is 11.5 Å². The largest absolute Gasteiger partial charge is 0.496 e. The second-order valence-electron chi connectivity index (χ2n) is 10.6. The number of methoxy groups -OCH3 is 1. The van der Waals surface area contributed by atoms with E-state index in [1.54, 1.807) is 7.11 Å². The van der Waals surface area contributed by atoms with E-state index >= 15 is 0 Å². The minimum absolute atomic E-state index is 0.170. The van der Waals surface area contributed by atoms with Crippen molar-refractivity contribution in [1.82, 2.24) is 10.2 Å². The molecule has 3 heterocycles. The summed E-state index contributed by atoms with van der Waals surface area (Å²) in [4.78, 5) is 15.5. The van der Waals surface area contributed by atoms with Crippen molar-refractivity contribution in [3.63, 3.8) is 0 Å². The normalized spacial score (nSPS) is 14.1. The quantitative estimate of drug-likeness (QED) is 0.219. The van der Waals surface area contributed by atoms with Crippen LogP contribution in [-0.4, -0.2) is 56.1 Å². The van der Waals surface area contributed by atoms with Crippen LogP contribution < -0.4 is 25.0 Å². The van der Waals surface area contributed by atoms with Gasteiger partial charge in [-0.2, -0.15) is 0 Å². The van der Waals surface area contributed by atoms with Crippen LogP contribution in [0.1, 0.15) is 15.9 Å². The van der Waals surface area contributed by atoms with Gasteiger partial charge in [0, 0.05) is 25.2 Å². The summed E-state index contributed by atoms with van der Waals surface area (Å²) in [5.74, 6) is 1.66. The number of ether oxygens (including phenoxy) is 3. The van der Waals surface area contributed by atoms with E-state index in [1.807, 2.05) is 60.7 Å². The number of rotatable bonds is 8. The lowest BCUT2D eigenvalue weighted by atomic mass is 10.00. The van der Waals surface area contributed by atoms with E-state index in [4.69, 9.17) is 18.6 Å². The third kappa shape index (κ3) is 5.67. The second-order valence-corrected chi connectivity index (χ2v) is 10.6. The van der Waals surface area contributed by atoms with Crippen molar-refractivity contribution in [3.05, 3.63) is 96.4 Å². The maximum absolute atomic E-state index is 13.2. The van der Waals surface area contributed by atoms with Crippen LogP contribution in [-0.2, 0) is 11.2 Å². The molecule has 1 fully saturated rings. The summed E-state index contributed by atoms with van der Waals surface area (Å²) in [6.45, 7) is 3.85. The molecule has 1 aromatic heterocycles. The first-order valence-corrected chi connectivity index (χ1v) is 14.5. The Morgan fingerprint density at radius 1 is 0.841 bits per heavy atom. The SMILES string of the molecule is COc1cc(-c2ccc3c(c2)Nc2ccc(CCOc4ccc(N5CCOCC5)cc4)cc2NC3=O)ccc1-c1nnco1. The number of nitrogens with zero attached hydrogens (tertiary/aromatic N) is 3. The van der Waals surface area contributed by atoms with E-state index < -0.39 is 0 Å². The molecule has 0 atom stereocenters. The van der Waals surface area contributed by atoms with E-state index in [1.165, 1.54) is 12.1 Å². The van der Waals surface area contributed by atoms with Crippen molar-refractivity contribution in [2.24, 2.45) is 0 Å². The van der Waals surface area contributed by atoms with Gasteiger partial charge in [-0.25, -0.2) is 0 Å². The Labute approximate surface area is 254 Å². The summed E-state index contributed by atoms with van der Waals surface area (Å²) in [5.41, 5.74) is 7.63. The van der Waals surface area contributed by atoms with Gasteiger partial charge in [0.2, 0.25) is 6.39 Å². The van der Waals surface area contributed by atoms with E-state index in [2.05, 4.69) is 43.9 Å². The Morgan fingerprint density at radius 2 is 1.64 bits per heavy atom. The highest BCUT2D eigenvalue weighted by atomic mass is 16.5. The molecule has 0 bridgehead atoms. The van der Waals surface area contributed by atoms with Crippen LogP contribution >= 0.6 is 0 Å². The third-order valence-corrected chi connectivity index (χ3v) is 7.86. The number of hydrogen-bond donors (Lipinski definition) is 2. The summed E-state index contributed by atoms with van der Waals surface area (Å²) in [5, 5.41) is 14.3. The maximum Gasteiger partial charge on any atom is 0.257 e. The summed E-state index contributed by atoms with van der Waals surface area (Å²) in [6, 6.07) is 25.7. The minimum atomic E-state index is -0.170. The molecule has 2 aliphatic rings. The Morgan fingerprint density at radius 3 is 2.41 bits per heavy atom. The molecule has 2 aliphatic heterocycles. The van der Waals surface area contributed by atoms with Crippen LogP contribution in [0, 0.1) is 0 Å². The Kier molecular flexibility index (Phi) is 7.56. The van der Waals surface area contributed by atoms with Gasteiger partial charge in [0.25, 0.3) is 11.8 Å². The highest BCUT2D eigenvalue weighted by Gasteiger charge is 2.21. The molecule has 1 saturated heterocycles. The first-order chi connectivity index (χ1) is 21.6. The van der Waals surface area contributed by atoms with Gasteiger partial charge in [0.05, 0.1) is 55.1 Å². The third-order valence-electron chi connectivity index (χ3n) is 7.86. The molecule has 44 heavy (non-hydrogen) atoms. The lowest BCUT2D eigenvalue weighted by Crippen LogP contribution is -2.36. The maximum atomic E-state index is 13.2. The van der Waals surface area contributed by atoms with Crippen molar-refractivity contribution in [2.75, 3.05) is 55.6 Å². The van der Waals surface area contributed by atoms with E-state index in [-0.39, 0.29) is 5.91 Å². The number of hydrogen-bond acceptors (Lipinski definition) is 9. The smallest absolute Gasteiger partial charge is 0.257 e. The first-order valence-electron chi connectivity index (χ1n) is 14.5. The lowest BCUT2D eigenvalue weighted by molar-refractivity contribution is 0.102. The van der Waals surface area contributed by atoms with Crippen molar-refractivity contribution < 1.29 is 23.4 Å². The molecule has 0 unspecified atom stereocenters. The van der Waals surface area contributed by atoms with Crippen molar-refractivity contribution >= 4 is 28.7 Å². The summed E-state index contributed by atoms with van der Waals surface area (Å²) in [7, 11) is 1.60. The topological polar surface area (TPSA) is 111 Å². The van der Waals surface area contributed by atoms with Crippen molar-refractivity contribution in [2.45, 2.75) is 6.42 Å².